The second-order valence-electron chi connectivity index (χ2n) is 6.65. The Morgan fingerprint density at radius 1 is 1.03 bits per heavy atom. The minimum absolute atomic E-state index is 0.0511. The van der Waals surface area contributed by atoms with Gasteiger partial charge in [-0.25, -0.2) is 0 Å². The predicted octanol–water partition coefficient (Wildman–Crippen LogP) is 4.92. The molecule has 1 fully saturated rings. The third-order valence-electron chi connectivity index (χ3n) is 4.65. The van der Waals surface area contributed by atoms with Gasteiger partial charge in [-0.05, 0) is 61.1 Å². The smallest absolute Gasteiger partial charge is 0.270 e. The zero-order valence-electron chi connectivity index (χ0n) is 15.7. The molecule has 0 spiro atoms. The molecule has 4 rings (SSSR count). The number of nitrogens with one attached hydrogen (secondary N) is 1. The first-order chi connectivity index (χ1) is 14.4. The second kappa shape index (κ2) is 8.07. The van der Waals surface area contributed by atoms with E-state index in [4.69, 9.17) is 35.4 Å². The van der Waals surface area contributed by atoms with Crippen LogP contribution in [-0.2, 0) is 9.59 Å². The van der Waals surface area contributed by atoms with Crippen molar-refractivity contribution in [3.8, 4) is 5.69 Å². The lowest BCUT2D eigenvalue weighted by atomic mass is 10.1. The highest BCUT2D eigenvalue weighted by molar-refractivity contribution is 7.80. The van der Waals surface area contributed by atoms with Crippen LogP contribution in [0.5, 0.6) is 0 Å². The van der Waals surface area contributed by atoms with Gasteiger partial charge in [-0.2, -0.15) is 0 Å². The predicted molar refractivity (Wildman–Crippen MR) is 123 cm³/mol. The molecule has 1 aromatic heterocycles. The van der Waals surface area contributed by atoms with Crippen LogP contribution in [0.25, 0.3) is 11.8 Å². The van der Waals surface area contributed by atoms with Crippen LogP contribution >= 0.6 is 35.4 Å². The monoisotopic (exact) mass is 455 g/mol. The van der Waals surface area contributed by atoms with Gasteiger partial charge in [0.1, 0.15) is 5.57 Å². The van der Waals surface area contributed by atoms with Crippen molar-refractivity contribution in [2.45, 2.75) is 6.92 Å². The Kier molecular flexibility index (Phi) is 5.47. The van der Waals surface area contributed by atoms with Gasteiger partial charge in [-0.1, -0.05) is 47.5 Å². The second-order valence-corrected chi connectivity index (χ2v) is 7.82. The van der Waals surface area contributed by atoms with Crippen LogP contribution in [0, 0.1) is 6.92 Å². The molecule has 2 aromatic carbocycles. The van der Waals surface area contributed by atoms with E-state index in [1.54, 1.807) is 18.2 Å². The summed E-state index contributed by atoms with van der Waals surface area (Å²) in [5.41, 5.74) is 2.90. The van der Waals surface area contributed by atoms with Gasteiger partial charge in [-0.3, -0.25) is 19.8 Å². The molecule has 0 bridgehead atoms. The van der Waals surface area contributed by atoms with Crippen molar-refractivity contribution >= 4 is 64.1 Å². The van der Waals surface area contributed by atoms with Gasteiger partial charge in [0.05, 0.1) is 15.7 Å². The first-order valence-electron chi connectivity index (χ1n) is 8.96. The summed E-state index contributed by atoms with van der Waals surface area (Å²) in [6.07, 6.45) is 3.40. The van der Waals surface area contributed by atoms with Gasteiger partial charge in [0.25, 0.3) is 11.8 Å². The maximum atomic E-state index is 13.2. The molecule has 5 nitrogen and oxygen atoms in total. The number of rotatable bonds is 3. The zero-order chi connectivity index (χ0) is 21.4. The molecule has 2 amide bonds. The molecule has 30 heavy (non-hydrogen) atoms. The number of amides is 2. The van der Waals surface area contributed by atoms with Crippen molar-refractivity contribution in [2.24, 2.45) is 0 Å². The van der Waals surface area contributed by atoms with Gasteiger partial charge in [0.2, 0.25) is 0 Å². The number of hydrogen-bond donors (Lipinski definition) is 1. The van der Waals surface area contributed by atoms with E-state index < -0.39 is 11.8 Å². The summed E-state index contributed by atoms with van der Waals surface area (Å²) in [5.74, 6) is -1.14. The number of nitrogens with zero attached hydrogens (tertiary/aromatic N) is 2. The van der Waals surface area contributed by atoms with Gasteiger partial charge in [-0.15, -0.1) is 0 Å². The minimum atomic E-state index is -0.571. The number of hydrogen-bond acceptors (Lipinski definition) is 3. The molecular formula is C22H15Cl2N3O2S. The van der Waals surface area contributed by atoms with Crippen molar-refractivity contribution < 1.29 is 9.59 Å². The van der Waals surface area contributed by atoms with Crippen LogP contribution in [0.4, 0.5) is 5.69 Å². The quantitative estimate of drug-likeness (QED) is 0.346. The highest BCUT2D eigenvalue weighted by Gasteiger charge is 2.35. The van der Waals surface area contributed by atoms with Crippen LogP contribution in [0.15, 0.2) is 66.4 Å². The van der Waals surface area contributed by atoms with Crippen molar-refractivity contribution in [1.29, 1.82) is 0 Å². The maximum absolute atomic E-state index is 13.2. The summed E-state index contributed by atoms with van der Waals surface area (Å²) in [4.78, 5) is 26.9. The van der Waals surface area contributed by atoms with E-state index in [-0.39, 0.29) is 20.7 Å². The fraction of sp³-hybridized carbons (Fsp3) is 0.0455. The number of carbonyl (C=O) groups is 2. The van der Waals surface area contributed by atoms with Gasteiger partial charge < -0.3 is 4.57 Å². The average Bonchev–Trinajstić information content (AvgIpc) is 3.09. The van der Waals surface area contributed by atoms with Crippen molar-refractivity contribution in [1.82, 2.24) is 9.88 Å². The van der Waals surface area contributed by atoms with E-state index in [2.05, 4.69) is 5.32 Å². The fourth-order valence-corrected chi connectivity index (χ4v) is 3.91. The summed E-state index contributed by atoms with van der Waals surface area (Å²) < 4.78 is 1.98. The highest BCUT2D eigenvalue weighted by atomic mass is 35.5. The van der Waals surface area contributed by atoms with Crippen molar-refractivity contribution in [2.75, 3.05) is 4.90 Å². The SMILES string of the molecule is Cc1cc(/C=C2/C(=O)NC(=S)N(c3cccc(Cl)c3Cl)C2=O)cn1-c1ccccc1. The maximum Gasteiger partial charge on any atom is 0.270 e. The van der Waals surface area contributed by atoms with Gasteiger partial charge in [0.15, 0.2) is 5.11 Å². The lowest BCUT2D eigenvalue weighted by Crippen LogP contribution is -2.54. The molecule has 0 atom stereocenters. The molecule has 1 aliphatic heterocycles. The van der Waals surface area contributed by atoms with Crippen molar-refractivity contribution in [3.63, 3.8) is 0 Å². The molecule has 0 saturated carbocycles. The fourth-order valence-electron chi connectivity index (χ4n) is 3.25. The minimum Gasteiger partial charge on any atom is -0.321 e. The topological polar surface area (TPSA) is 54.3 Å². The summed E-state index contributed by atoms with van der Waals surface area (Å²) in [6.45, 7) is 1.95. The number of benzene rings is 2. The zero-order valence-corrected chi connectivity index (χ0v) is 18.1. The Morgan fingerprint density at radius 3 is 2.50 bits per heavy atom. The molecule has 1 aliphatic rings. The van der Waals surface area contributed by atoms with E-state index in [0.29, 0.717) is 11.3 Å². The number of anilines is 1. The van der Waals surface area contributed by atoms with Crippen LogP contribution in [0.1, 0.15) is 11.3 Å². The molecular weight excluding hydrogens is 441 g/mol. The number of carbonyl (C=O) groups excluding carboxylic acids is 2. The number of para-hydroxylation sites is 1. The Bertz CT molecular complexity index is 1220. The third kappa shape index (κ3) is 3.65. The number of thiocarbonyl (C=S) groups is 1. The highest BCUT2D eigenvalue weighted by Crippen LogP contribution is 2.34. The van der Waals surface area contributed by atoms with Crippen molar-refractivity contribution in [3.05, 3.63) is 87.7 Å². The third-order valence-corrected chi connectivity index (χ3v) is 5.75. The number of aryl methyl sites for hydroxylation is 1. The summed E-state index contributed by atoms with van der Waals surface area (Å²) >= 11 is 17.6. The normalized spacial score (nSPS) is 15.6. The Labute approximate surface area is 188 Å². The van der Waals surface area contributed by atoms with E-state index in [9.17, 15) is 9.59 Å². The molecule has 8 heteroatoms. The Balaban J connectivity index is 1.74. The van der Waals surface area contributed by atoms with Gasteiger partial charge >= 0.3 is 0 Å². The van der Waals surface area contributed by atoms with Crippen LogP contribution in [-0.4, -0.2) is 21.5 Å². The number of aromatic nitrogens is 1. The molecule has 1 saturated heterocycles. The molecule has 150 valence electrons. The summed E-state index contributed by atoms with van der Waals surface area (Å²) in [5, 5.41) is 2.96. The molecule has 0 radical (unpaired) electrons. The van der Waals surface area contributed by atoms with Crippen LogP contribution < -0.4 is 10.2 Å². The lowest BCUT2D eigenvalue weighted by Gasteiger charge is -2.29. The Hall–Kier alpha value is -2.93. The number of halogens is 2. The lowest BCUT2D eigenvalue weighted by molar-refractivity contribution is -0.122. The standard InChI is InChI=1S/C22H15Cl2N3O2S/c1-13-10-14(12-26(13)15-6-3-2-4-7-15)11-16-20(28)25-22(30)27(21(16)29)18-9-5-8-17(23)19(18)24/h2-12H,1H3,(H,25,28,30)/b16-11-. The van der Waals surface area contributed by atoms with E-state index in [1.165, 1.54) is 11.0 Å². The molecule has 2 heterocycles. The molecule has 3 aromatic rings. The first-order valence-corrected chi connectivity index (χ1v) is 10.1. The molecule has 1 N–H and O–H groups in total. The van der Waals surface area contributed by atoms with E-state index in [0.717, 1.165) is 11.4 Å². The molecule has 0 unspecified atom stereocenters. The van der Waals surface area contributed by atoms with E-state index in [1.807, 2.05) is 54.1 Å². The van der Waals surface area contributed by atoms with Crippen LogP contribution in [0.2, 0.25) is 10.0 Å². The summed E-state index contributed by atoms with van der Waals surface area (Å²) in [6, 6.07) is 16.5. The van der Waals surface area contributed by atoms with Crippen LogP contribution in [0.3, 0.4) is 0 Å². The summed E-state index contributed by atoms with van der Waals surface area (Å²) in [7, 11) is 0. The Morgan fingerprint density at radius 2 is 1.77 bits per heavy atom. The molecule has 0 aliphatic carbocycles. The largest absolute Gasteiger partial charge is 0.321 e. The van der Waals surface area contributed by atoms with E-state index >= 15 is 0 Å². The van der Waals surface area contributed by atoms with Gasteiger partial charge in [0, 0.05) is 17.6 Å². The average molecular weight is 456 g/mol. The first kappa shape index (κ1) is 20.3.